The van der Waals surface area contributed by atoms with Crippen molar-refractivity contribution in [2.45, 2.75) is 20.3 Å². The fraction of sp³-hybridized carbons (Fsp3) is 0.632. The van der Waals surface area contributed by atoms with Crippen molar-refractivity contribution in [1.29, 1.82) is 0 Å². The molecule has 1 aliphatic heterocycles. The van der Waals surface area contributed by atoms with Crippen LogP contribution in [0.3, 0.4) is 0 Å². The molecular weight excluding hydrogens is 508 g/mol. The standard InChI is InChI=1S/C19H32FN5O2S.HI/c1-4-21-19(22-11-6-12-25(5-2)28(3,26)27)24-15-13-23(14-16-24)18-9-7-17(20)8-10-18;/h7-10H,4-6,11-16H2,1-3H3,(H,21,22);1H. The van der Waals surface area contributed by atoms with Gasteiger partial charge in [-0.3, -0.25) is 4.99 Å². The molecule has 0 unspecified atom stereocenters. The molecule has 166 valence electrons. The van der Waals surface area contributed by atoms with Crippen molar-refractivity contribution in [3.05, 3.63) is 30.1 Å². The lowest BCUT2D eigenvalue weighted by atomic mass is 10.2. The highest BCUT2D eigenvalue weighted by Gasteiger charge is 2.20. The first-order chi connectivity index (χ1) is 13.3. The lowest BCUT2D eigenvalue weighted by molar-refractivity contribution is 0.371. The number of anilines is 1. The Morgan fingerprint density at radius 1 is 1.17 bits per heavy atom. The van der Waals surface area contributed by atoms with Crippen LogP contribution in [0.5, 0.6) is 0 Å². The van der Waals surface area contributed by atoms with Gasteiger partial charge in [-0.1, -0.05) is 6.92 Å². The second kappa shape index (κ2) is 12.5. The van der Waals surface area contributed by atoms with Gasteiger partial charge in [0.15, 0.2) is 5.96 Å². The molecule has 1 aromatic carbocycles. The average molecular weight is 541 g/mol. The van der Waals surface area contributed by atoms with Crippen LogP contribution in [0.2, 0.25) is 0 Å². The summed E-state index contributed by atoms with van der Waals surface area (Å²) >= 11 is 0. The molecule has 2 rings (SSSR count). The quantitative estimate of drug-likeness (QED) is 0.237. The molecule has 0 amide bonds. The summed E-state index contributed by atoms with van der Waals surface area (Å²) in [5.74, 6) is 0.644. The van der Waals surface area contributed by atoms with Crippen LogP contribution in [-0.2, 0) is 10.0 Å². The van der Waals surface area contributed by atoms with Gasteiger partial charge in [0, 0.05) is 58.0 Å². The van der Waals surface area contributed by atoms with Crippen molar-refractivity contribution in [3.63, 3.8) is 0 Å². The SMILES string of the molecule is CCNC(=NCCCN(CC)S(C)(=O)=O)N1CCN(c2ccc(F)cc2)CC1.I. The highest BCUT2D eigenvalue weighted by atomic mass is 127. The fourth-order valence-electron chi connectivity index (χ4n) is 3.24. The summed E-state index contributed by atoms with van der Waals surface area (Å²) in [7, 11) is -3.15. The molecule has 1 heterocycles. The molecule has 1 fully saturated rings. The highest BCUT2D eigenvalue weighted by molar-refractivity contribution is 14.0. The van der Waals surface area contributed by atoms with Gasteiger partial charge in [-0.05, 0) is 37.6 Å². The van der Waals surface area contributed by atoms with Gasteiger partial charge >= 0.3 is 0 Å². The van der Waals surface area contributed by atoms with Crippen molar-refractivity contribution < 1.29 is 12.8 Å². The molecule has 0 saturated carbocycles. The molecule has 0 spiro atoms. The van der Waals surface area contributed by atoms with E-state index in [9.17, 15) is 12.8 Å². The molecule has 1 aromatic rings. The Hall–Kier alpha value is -1.14. The number of sulfonamides is 1. The van der Waals surface area contributed by atoms with Gasteiger partial charge in [0.05, 0.1) is 6.26 Å². The predicted molar refractivity (Wildman–Crippen MR) is 128 cm³/mol. The van der Waals surface area contributed by atoms with Gasteiger partial charge in [0.2, 0.25) is 10.0 Å². The van der Waals surface area contributed by atoms with Crippen molar-refractivity contribution in [3.8, 4) is 0 Å². The van der Waals surface area contributed by atoms with Gasteiger partial charge < -0.3 is 15.1 Å². The zero-order valence-corrected chi connectivity index (χ0v) is 20.6. The van der Waals surface area contributed by atoms with E-state index in [2.05, 4.69) is 20.1 Å². The van der Waals surface area contributed by atoms with Gasteiger partial charge in [0.1, 0.15) is 5.82 Å². The van der Waals surface area contributed by atoms with Crippen molar-refractivity contribution in [2.75, 3.05) is 63.5 Å². The van der Waals surface area contributed by atoms with Crippen LogP contribution < -0.4 is 10.2 Å². The Morgan fingerprint density at radius 2 is 1.79 bits per heavy atom. The minimum Gasteiger partial charge on any atom is -0.368 e. The average Bonchev–Trinajstić information content (AvgIpc) is 2.67. The van der Waals surface area contributed by atoms with Crippen LogP contribution in [0.25, 0.3) is 0 Å². The first-order valence-corrected chi connectivity index (χ1v) is 11.7. The summed E-state index contributed by atoms with van der Waals surface area (Å²) < 4.78 is 37.9. The second-order valence-corrected chi connectivity index (χ2v) is 8.78. The van der Waals surface area contributed by atoms with E-state index in [1.807, 2.05) is 26.0 Å². The number of rotatable bonds is 8. The lowest BCUT2D eigenvalue weighted by Gasteiger charge is -2.37. The molecule has 0 atom stereocenters. The molecule has 10 heteroatoms. The van der Waals surface area contributed by atoms with Crippen LogP contribution in [0.4, 0.5) is 10.1 Å². The normalized spacial score (nSPS) is 15.4. The van der Waals surface area contributed by atoms with E-state index in [-0.39, 0.29) is 29.8 Å². The number of hydrogen-bond donors (Lipinski definition) is 1. The number of hydrogen-bond acceptors (Lipinski definition) is 4. The molecule has 0 aliphatic carbocycles. The first-order valence-electron chi connectivity index (χ1n) is 9.84. The minimum atomic E-state index is -3.15. The van der Waals surface area contributed by atoms with Crippen LogP contribution >= 0.6 is 24.0 Å². The zero-order valence-electron chi connectivity index (χ0n) is 17.5. The van der Waals surface area contributed by atoms with Crippen LogP contribution in [0.15, 0.2) is 29.3 Å². The van der Waals surface area contributed by atoms with E-state index < -0.39 is 10.0 Å². The van der Waals surface area contributed by atoms with E-state index >= 15 is 0 Å². The molecule has 0 bridgehead atoms. The number of benzene rings is 1. The zero-order chi connectivity index (χ0) is 20.6. The Morgan fingerprint density at radius 3 is 2.31 bits per heavy atom. The maximum absolute atomic E-state index is 13.1. The maximum atomic E-state index is 13.1. The van der Waals surface area contributed by atoms with E-state index in [4.69, 9.17) is 0 Å². The summed E-state index contributed by atoms with van der Waals surface area (Å²) in [5.41, 5.74) is 1.03. The molecule has 0 aromatic heterocycles. The minimum absolute atomic E-state index is 0. The summed E-state index contributed by atoms with van der Waals surface area (Å²) in [6.07, 6.45) is 1.93. The monoisotopic (exact) mass is 541 g/mol. The Labute approximate surface area is 191 Å². The van der Waals surface area contributed by atoms with Gasteiger partial charge in [-0.2, -0.15) is 0 Å². The van der Waals surface area contributed by atoms with Crippen LogP contribution in [0.1, 0.15) is 20.3 Å². The summed E-state index contributed by atoms with van der Waals surface area (Å²) in [4.78, 5) is 9.14. The Kier molecular flexibility index (Phi) is 11.2. The van der Waals surface area contributed by atoms with Crippen LogP contribution in [0, 0.1) is 5.82 Å². The van der Waals surface area contributed by atoms with E-state index in [1.54, 1.807) is 0 Å². The Balaban J connectivity index is 0.00000420. The van der Waals surface area contributed by atoms with Gasteiger partial charge in [0.25, 0.3) is 0 Å². The number of nitrogens with zero attached hydrogens (tertiary/aromatic N) is 4. The van der Waals surface area contributed by atoms with E-state index in [0.717, 1.165) is 44.4 Å². The fourth-order valence-corrected chi connectivity index (χ4v) is 4.17. The van der Waals surface area contributed by atoms with Gasteiger partial charge in [-0.25, -0.2) is 17.1 Å². The topological polar surface area (TPSA) is 68.2 Å². The predicted octanol–water partition coefficient (Wildman–Crippen LogP) is 2.20. The van der Waals surface area contributed by atoms with E-state index in [1.165, 1.54) is 22.7 Å². The first kappa shape index (κ1) is 25.9. The van der Waals surface area contributed by atoms with Crippen molar-refractivity contribution in [1.82, 2.24) is 14.5 Å². The summed E-state index contributed by atoms with van der Waals surface area (Å²) in [6, 6.07) is 6.60. The largest absolute Gasteiger partial charge is 0.368 e. The smallest absolute Gasteiger partial charge is 0.211 e. The second-order valence-electron chi connectivity index (χ2n) is 6.79. The number of nitrogens with one attached hydrogen (secondary N) is 1. The molecule has 7 nitrogen and oxygen atoms in total. The number of guanidine groups is 1. The maximum Gasteiger partial charge on any atom is 0.211 e. The molecule has 1 N–H and O–H groups in total. The highest BCUT2D eigenvalue weighted by Crippen LogP contribution is 2.17. The lowest BCUT2D eigenvalue weighted by Crippen LogP contribution is -2.52. The third-order valence-electron chi connectivity index (χ3n) is 4.75. The summed E-state index contributed by atoms with van der Waals surface area (Å²) in [6.45, 7) is 9.53. The van der Waals surface area contributed by atoms with E-state index in [0.29, 0.717) is 26.1 Å². The Bertz CT molecular complexity index is 737. The van der Waals surface area contributed by atoms with Crippen molar-refractivity contribution >= 4 is 45.6 Å². The molecular formula is C19H33FIN5O2S. The van der Waals surface area contributed by atoms with Crippen LogP contribution in [-0.4, -0.2) is 82.2 Å². The molecule has 29 heavy (non-hydrogen) atoms. The molecule has 1 aliphatic rings. The number of halogens is 2. The molecule has 1 saturated heterocycles. The third-order valence-corrected chi connectivity index (χ3v) is 6.13. The summed E-state index contributed by atoms with van der Waals surface area (Å²) in [5, 5.41) is 3.32. The number of aliphatic imine (C=N–C) groups is 1. The van der Waals surface area contributed by atoms with Gasteiger partial charge in [-0.15, -0.1) is 24.0 Å². The number of piperazine rings is 1. The van der Waals surface area contributed by atoms with Crippen molar-refractivity contribution in [2.24, 2.45) is 4.99 Å². The molecule has 0 radical (unpaired) electrons. The third kappa shape index (κ3) is 8.25.